The summed E-state index contributed by atoms with van der Waals surface area (Å²) in [5, 5.41) is 4.86. The molecule has 6 nitrogen and oxygen atoms in total. The van der Waals surface area contributed by atoms with Gasteiger partial charge in [-0.3, -0.25) is 14.2 Å². The van der Waals surface area contributed by atoms with Gasteiger partial charge in [-0.05, 0) is 42.6 Å². The third-order valence-corrected chi connectivity index (χ3v) is 5.10. The summed E-state index contributed by atoms with van der Waals surface area (Å²) in [6.45, 7) is 2.17. The van der Waals surface area contributed by atoms with Crippen LogP contribution in [0.3, 0.4) is 0 Å². The monoisotopic (exact) mass is 352 g/mol. The lowest BCUT2D eigenvalue weighted by molar-refractivity contribution is -0.124. The lowest BCUT2D eigenvalue weighted by Crippen LogP contribution is -2.36. The van der Waals surface area contributed by atoms with Crippen molar-refractivity contribution in [2.75, 3.05) is 0 Å². The van der Waals surface area contributed by atoms with E-state index in [-0.39, 0.29) is 11.5 Å². The van der Waals surface area contributed by atoms with Crippen molar-refractivity contribution >= 4 is 33.9 Å². The first-order chi connectivity index (χ1) is 12.2. The van der Waals surface area contributed by atoms with Gasteiger partial charge in [0.25, 0.3) is 5.56 Å². The predicted octanol–water partition coefficient (Wildman–Crippen LogP) is 2.59. The van der Waals surface area contributed by atoms with E-state index < -0.39 is 6.04 Å². The molecule has 0 aliphatic carbocycles. The molecular formula is C18H16N4O2S. The van der Waals surface area contributed by atoms with Crippen molar-refractivity contribution in [3.63, 3.8) is 0 Å². The molecule has 1 atom stereocenters. The average Bonchev–Trinajstić information content (AvgIpc) is 3.31. The van der Waals surface area contributed by atoms with Crippen LogP contribution >= 0.6 is 11.3 Å². The molecule has 0 radical (unpaired) electrons. The second-order valence-electron chi connectivity index (χ2n) is 5.76. The fourth-order valence-corrected chi connectivity index (χ4v) is 3.60. The highest BCUT2D eigenvalue weighted by molar-refractivity contribution is 7.09. The molecule has 1 amide bonds. The standard InChI is InChI=1S/C18H16N4O2S/c1-12(17(23)20-11-13-5-4-10-25-13)22-16-14(6-2-8-19-16)21-9-3-7-15(21)18(22)24/h2-10,12H,11H2,1H3,(H,20,23)/t12-/m0/s1. The first kappa shape index (κ1) is 15.6. The van der Waals surface area contributed by atoms with Gasteiger partial charge in [0.05, 0.1) is 12.1 Å². The Kier molecular flexibility index (Phi) is 3.85. The molecule has 4 aromatic heterocycles. The van der Waals surface area contributed by atoms with Gasteiger partial charge in [-0.2, -0.15) is 0 Å². The Hall–Kier alpha value is -2.93. The zero-order valence-electron chi connectivity index (χ0n) is 13.5. The molecule has 0 saturated heterocycles. The van der Waals surface area contributed by atoms with E-state index in [0.717, 1.165) is 10.4 Å². The number of fused-ring (bicyclic) bond motifs is 3. The molecule has 0 aliphatic heterocycles. The molecule has 1 N–H and O–H groups in total. The number of carbonyl (C=O) groups excluding carboxylic acids is 1. The number of hydrogen-bond acceptors (Lipinski definition) is 4. The molecule has 0 unspecified atom stereocenters. The van der Waals surface area contributed by atoms with Crippen LogP contribution in [0.25, 0.3) is 16.7 Å². The van der Waals surface area contributed by atoms with Gasteiger partial charge in [-0.15, -0.1) is 11.3 Å². The van der Waals surface area contributed by atoms with E-state index in [0.29, 0.717) is 17.7 Å². The SMILES string of the molecule is C[C@@H](C(=O)NCc1cccs1)n1c(=O)c2cccn2c2cccnc21. The Balaban J connectivity index is 1.77. The maximum Gasteiger partial charge on any atom is 0.277 e. The van der Waals surface area contributed by atoms with E-state index in [1.54, 1.807) is 34.9 Å². The number of carbonyl (C=O) groups is 1. The lowest BCUT2D eigenvalue weighted by Gasteiger charge is -2.18. The van der Waals surface area contributed by atoms with Crippen LogP contribution in [-0.2, 0) is 11.3 Å². The summed E-state index contributed by atoms with van der Waals surface area (Å²) >= 11 is 1.58. The summed E-state index contributed by atoms with van der Waals surface area (Å²) in [6.07, 6.45) is 3.45. The normalized spacial score (nSPS) is 12.5. The van der Waals surface area contributed by atoms with Crippen LogP contribution in [0.2, 0.25) is 0 Å². The second-order valence-corrected chi connectivity index (χ2v) is 6.79. The van der Waals surface area contributed by atoms with Gasteiger partial charge in [0.15, 0.2) is 5.65 Å². The lowest BCUT2D eigenvalue weighted by atomic mass is 10.2. The number of pyridine rings is 1. The van der Waals surface area contributed by atoms with Crippen molar-refractivity contribution < 1.29 is 4.79 Å². The number of thiophene rings is 1. The van der Waals surface area contributed by atoms with Gasteiger partial charge in [0, 0.05) is 17.3 Å². The molecule has 0 aromatic carbocycles. The minimum Gasteiger partial charge on any atom is -0.349 e. The topological polar surface area (TPSA) is 68.4 Å². The zero-order chi connectivity index (χ0) is 17.4. The average molecular weight is 352 g/mol. The number of nitrogens with one attached hydrogen (secondary N) is 1. The van der Waals surface area contributed by atoms with Crippen LogP contribution in [0.1, 0.15) is 17.8 Å². The van der Waals surface area contributed by atoms with Gasteiger partial charge in [0.2, 0.25) is 5.91 Å². The van der Waals surface area contributed by atoms with Gasteiger partial charge in [-0.1, -0.05) is 6.07 Å². The third-order valence-electron chi connectivity index (χ3n) is 4.22. The second kappa shape index (κ2) is 6.18. The van der Waals surface area contributed by atoms with E-state index in [2.05, 4.69) is 10.3 Å². The largest absolute Gasteiger partial charge is 0.349 e. The first-order valence-corrected chi connectivity index (χ1v) is 8.81. The highest BCUT2D eigenvalue weighted by Crippen LogP contribution is 2.17. The minimum absolute atomic E-state index is 0.210. The van der Waals surface area contributed by atoms with Gasteiger partial charge in [0.1, 0.15) is 11.6 Å². The van der Waals surface area contributed by atoms with Crippen LogP contribution in [0, 0.1) is 0 Å². The zero-order valence-corrected chi connectivity index (χ0v) is 14.4. The van der Waals surface area contributed by atoms with E-state index in [9.17, 15) is 9.59 Å². The van der Waals surface area contributed by atoms with Crippen molar-refractivity contribution in [3.05, 3.63) is 69.4 Å². The summed E-state index contributed by atoms with van der Waals surface area (Å²) in [5.74, 6) is -0.210. The van der Waals surface area contributed by atoms with Gasteiger partial charge >= 0.3 is 0 Å². The molecular weight excluding hydrogens is 336 g/mol. The summed E-state index contributed by atoms with van der Waals surface area (Å²) in [7, 11) is 0. The highest BCUT2D eigenvalue weighted by Gasteiger charge is 2.21. The number of hydrogen-bond donors (Lipinski definition) is 1. The summed E-state index contributed by atoms with van der Waals surface area (Å²) in [5.41, 5.74) is 1.59. The molecule has 0 saturated carbocycles. The number of rotatable bonds is 4. The van der Waals surface area contributed by atoms with Crippen LogP contribution in [0.15, 0.2) is 59.0 Å². The molecule has 25 heavy (non-hydrogen) atoms. The molecule has 0 aliphatic rings. The molecule has 4 rings (SSSR count). The first-order valence-electron chi connectivity index (χ1n) is 7.93. The molecule has 0 bridgehead atoms. The summed E-state index contributed by atoms with van der Waals surface area (Å²) in [6, 6.07) is 10.5. The Labute approximate surface area is 147 Å². The van der Waals surface area contributed by atoms with Crippen LogP contribution < -0.4 is 10.9 Å². The van der Waals surface area contributed by atoms with E-state index >= 15 is 0 Å². The third kappa shape index (κ3) is 2.62. The number of nitrogens with zero attached hydrogens (tertiary/aromatic N) is 3. The predicted molar refractivity (Wildman–Crippen MR) is 97.8 cm³/mol. The number of amides is 1. The molecule has 7 heteroatoms. The van der Waals surface area contributed by atoms with Crippen LogP contribution in [0.5, 0.6) is 0 Å². The maximum atomic E-state index is 12.9. The molecule has 0 spiro atoms. The quantitative estimate of drug-likeness (QED) is 0.614. The molecule has 126 valence electrons. The minimum atomic E-state index is -0.662. The summed E-state index contributed by atoms with van der Waals surface area (Å²) < 4.78 is 3.27. The Bertz CT molecular complexity index is 1110. The Morgan fingerprint density at radius 1 is 1.24 bits per heavy atom. The van der Waals surface area contributed by atoms with Crippen LogP contribution in [0.4, 0.5) is 0 Å². The van der Waals surface area contributed by atoms with Crippen molar-refractivity contribution in [2.24, 2.45) is 0 Å². The van der Waals surface area contributed by atoms with Gasteiger partial charge < -0.3 is 9.72 Å². The van der Waals surface area contributed by atoms with Crippen LogP contribution in [-0.4, -0.2) is 19.9 Å². The van der Waals surface area contributed by atoms with E-state index in [4.69, 9.17) is 0 Å². The smallest absolute Gasteiger partial charge is 0.277 e. The molecule has 4 heterocycles. The van der Waals surface area contributed by atoms with E-state index in [1.807, 2.05) is 41.9 Å². The molecule has 4 aromatic rings. The Morgan fingerprint density at radius 2 is 2.08 bits per heavy atom. The van der Waals surface area contributed by atoms with Crippen molar-refractivity contribution in [3.8, 4) is 0 Å². The van der Waals surface area contributed by atoms with Crippen molar-refractivity contribution in [1.29, 1.82) is 0 Å². The fourth-order valence-electron chi connectivity index (χ4n) is 2.96. The fraction of sp³-hybridized carbons (Fsp3) is 0.167. The van der Waals surface area contributed by atoms with Crippen molar-refractivity contribution in [1.82, 2.24) is 19.3 Å². The van der Waals surface area contributed by atoms with E-state index in [1.165, 1.54) is 4.57 Å². The maximum absolute atomic E-state index is 12.9. The summed E-state index contributed by atoms with van der Waals surface area (Å²) in [4.78, 5) is 30.9. The Morgan fingerprint density at radius 3 is 2.88 bits per heavy atom. The highest BCUT2D eigenvalue weighted by atomic mass is 32.1. The van der Waals surface area contributed by atoms with Crippen molar-refractivity contribution in [2.45, 2.75) is 19.5 Å². The van der Waals surface area contributed by atoms with Gasteiger partial charge in [-0.25, -0.2) is 4.98 Å². The molecule has 0 fully saturated rings. The number of aromatic nitrogens is 3.